The summed E-state index contributed by atoms with van der Waals surface area (Å²) in [5.41, 5.74) is 2.15. The van der Waals surface area contributed by atoms with E-state index in [1.165, 1.54) is 0 Å². The highest BCUT2D eigenvalue weighted by Gasteiger charge is 2.11. The minimum atomic E-state index is -0.0155. The van der Waals surface area contributed by atoms with Crippen LogP contribution < -0.4 is 4.74 Å². The van der Waals surface area contributed by atoms with E-state index in [9.17, 15) is 4.79 Å². The van der Waals surface area contributed by atoms with Gasteiger partial charge in [0, 0.05) is 11.1 Å². The summed E-state index contributed by atoms with van der Waals surface area (Å²) in [5, 5.41) is 6.41. The highest BCUT2D eigenvalue weighted by atomic mass is 32.1. The van der Waals surface area contributed by atoms with Gasteiger partial charge in [-0.15, -0.1) is 5.10 Å². The van der Waals surface area contributed by atoms with Crippen molar-refractivity contribution in [2.75, 3.05) is 0 Å². The Bertz CT molecular complexity index is 884. The largest absolute Gasteiger partial charge is 0.484 e. The summed E-state index contributed by atoms with van der Waals surface area (Å²) in [7, 11) is 0. The molecule has 0 saturated heterocycles. The molecule has 6 heteroatoms. The molecule has 116 valence electrons. The van der Waals surface area contributed by atoms with Gasteiger partial charge in [-0.25, -0.2) is 5.10 Å². The number of ether oxygens (including phenoxy) is 1. The maximum atomic E-state index is 12.4. The van der Waals surface area contributed by atoms with E-state index < -0.39 is 0 Å². The zero-order valence-corrected chi connectivity index (χ0v) is 13.2. The molecule has 1 aromatic heterocycles. The van der Waals surface area contributed by atoms with Gasteiger partial charge < -0.3 is 9.15 Å². The molecule has 1 N–H and O–H groups in total. The smallest absolute Gasteiger partial charge is 0.284 e. The number of aryl methyl sites for hydroxylation is 1. The molecule has 0 spiro atoms. The molecule has 23 heavy (non-hydrogen) atoms. The number of hydrogen-bond acceptors (Lipinski definition) is 5. The van der Waals surface area contributed by atoms with E-state index in [0.717, 1.165) is 5.56 Å². The first-order valence-corrected chi connectivity index (χ1v) is 7.42. The van der Waals surface area contributed by atoms with Gasteiger partial charge in [0.1, 0.15) is 5.75 Å². The normalized spacial score (nSPS) is 10.5. The standard InChI is InChI=1S/C17H14N2O3S/c1-11-9-13(16(20)12-5-3-2-4-6-12)7-8-14(11)21-10-15-18-19-17(23)22-15/h2-9H,10H2,1H3,(H,19,23). The number of hydrogen-bond donors (Lipinski definition) is 1. The number of aromatic nitrogens is 2. The Morgan fingerprint density at radius 1 is 1.22 bits per heavy atom. The molecule has 2 aromatic carbocycles. The number of aromatic amines is 1. The molecular formula is C17H14N2O3S. The lowest BCUT2D eigenvalue weighted by Crippen LogP contribution is -2.03. The molecule has 0 atom stereocenters. The first-order chi connectivity index (χ1) is 11.1. The Morgan fingerprint density at radius 2 is 2.00 bits per heavy atom. The molecule has 1 heterocycles. The minimum absolute atomic E-state index is 0.0155. The van der Waals surface area contributed by atoms with Crippen LogP contribution in [0.3, 0.4) is 0 Å². The van der Waals surface area contributed by atoms with Crippen molar-refractivity contribution in [2.45, 2.75) is 13.5 Å². The third-order valence-electron chi connectivity index (χ3n) is 3.31. The third kappa shape index (κ3) is 3.54. The predicted molar refractivity (Wildman–Crippen MR) is 87.1 cm³/mol. The molecule has 3 rings (SSSR count). The molecule has 0 unspecified atom stereocenters. The molecule has 0 bridgehead atoms. The first kappa shape index (κ1) is 15.2. The minimum Gasteiger partial charge on any atom is -0.484 e. The van der Waals surface area contributed by atoms with Gasteiger partial charge in [-0.2, -0.15) is 0 Å². The van der Waals surface area contributed by atoms with E-state index in [0.29, 0.717) is 22.8 Å². The maximum absolute atomic E-state index is 12.4. The monoisotopic (exact) mass is 326 g/mol. The third-order valence-corrected chi connectivity index (χ3v) is 3.48. The average Bonchev–Trinajstić information content (AvgIpc) is 2.99. The van der Waals surface area contributed by atoms with Crippen LogP contribution in [-0.4, -0.2) is 16.0 Å². The van der Waals surface area contributed by atoms with Crippen molar-refractivity contribution in [3.05, 3.63) is 75.9 Å². The Kier molecular flexibility index (Phi) is 4.34. The highest BCUT2D eigenvalue weighted by molar-refractivity contribution is 7.71. The fraction of sp³-hybridized carbons (Fsp3) is 0.118. The number of nitrogens with zero attached hydrogens (tertiary/aromatic N) is 1. The lowest BCUT2D eigenvalue weighted by molar-refractivity contribution is 0.103. The van der Waals surface area contributed by atoms with Gasteiger partial charge in [0.15, 0.2) is 12.4 Å². The van der Waals surface area contributed by atoms with Crippen molar-refractivity contribution >= 4 is 18.0 Å². The van der Waals surface area contributed by atoms with Crippen LogP contribution >= 0.6 is 12.2 Å². The summed E-state index contributed by atoms with van der Waals surface area (Å²) in [6.45, 7) is 2.05. The second-order valence-electron chi connectivity index (χ2n) is 4.97. The number of carbonyl (C=O) groups excluding carboxylic acids is 1. The summed E-state index contributed by atoms with van der Waals surface area (Å²) in [6.07, 6.45) is 0. The van der Waals surface area contributed by atoms with Gasteiger partial charge in [0.05, 0.1) is 0 Å². The van der Waals surface area contributed by atoms with Crippen LogP contribution in [0, 0.1) is 11.8 Å². The molecule has 0 saturated carbocycles. The van der Waals surface area contributed by atoms with Crippen LogP contribution in [0.1, 0.15) is 27.4 Å². The molecule has 5 nitrogen and oxygen atoms in total. The van der Waals surface area contributed by atoms with E-state index in [-0.39, 0.29) is 17.2 Å². The van der Waals surface area contributed by atoms with Crippen molar-refractivity contribution in [3.63, 3.8) is 0 Å². The number of carbonyl (C=O) groups is 1. The SMILES string of the molecule is Cc1cc(C(=O)c2ccccc2)ccc1OCc1n[nH]c(=S)o1. The first-order valence-electron chi connectivity index (χ1n) is 7.01. The predicted octanol–water partition coefficient (Wildman–Crippen LogP) is 3.85. The topological polar surface area (TPSA) is 68.1 Å². The quantitative estimate of drug-likeness (QED) is 0.570. The summed E-state index contributed by atoms with van der Waals surface area (Å²) < 4.78 is 10.8. The second-order valence-corrected chi connectivity index (χ2v) is 5.34. The van der Waals surface area contributed by atoms with Crippen molar-refractivity contribution in [1.29, 1.82) is 0 Å². The number of nitrogens with one attached hydrogen (secondary N) is 1. The molecular weight excluding hydrogens is 312 g/mol. The van der Waals surface area contributed by atoms with Gasteiger partial charge in [-0.05, 0) is 42.9 Å². The molecule has 0 amide bonds. The molecule has 3 aromatic rings. The van der Waals surface area contributed by atoms with Gasteiger partial charge in [-0.3, -0.25) is 4.79 Å². The van der Waals surface area contributed by atoms with Crippen LogP contribution in [-0.2, 0) is 6.61 Å². The Balaban J connectivity index is 1.75. The van der Waals surface area contributed by atoms with Gasteiger partial charge >= 0.3 is 0 Å². The molecule has 0 aliphatic heterocycles. The average molecular weight is 326 g/mol. The number of benzene rings is 2. The van der Waals surface area contributed by atoms with E-state index >= 15 is 0 Å². The van der Waals surface area contributed by atoms with Crippen molar-refractivity contribution in [2.24, 2.45) is 0 Å². The van der Waals surface area contributed by atoms with Crippen LogP contribution in [0.2, 0.25) is 0 Å². The van der Waals surface area contributed by atoms with Crippen molar-refractivity contribution in [3.8, 4) is 5.75 Å². The molecule has 0 aliphatic rings. The Morgan fingerprint density at radius 3 is 2.65 bits per heavy atom. The fourth-order valence-electron chi connectivity index (χ4n) is 2.17. The number of ketones is 1. The van der Waals surface area contributed by atoms with Crippen LogP contribution in [0.4, 0.5) is 0 Å². The van der Waals surface area contributed by atoms with Gasteiger partial charge in [0.25, 0.3) is 10.7 Å². The molecule has 0 radical (unpaired) electrons. The fourth-order valence-corrected chi connectivity index (χ4v) is 2.31. The van der Waals surface area contributed by atoms with Crippen LogP contribution in [0.15, 0.2) is 52.9 Å². The lowest BCUT2D eigenvalue weighted by Gasteiger charge is -2.09. The van der Waals surface area contributed by atoms with E-state index in [1.807, 2.05) is 31.2 Å². The Hall–Kier alpha value is -2.73. The number of rotatable bonds is 5. The zero-order chi connectivity index (χ0) is 16.2. The van der Waals surface area contributed by atoms with Crippen molar-refractivity contribution < 1.29 is 13.9 Å². The molecule has 0 fully saturated rings. The van der Waals surface area contributed by atoms with Crippen molar-refractivity contribution in [1.82, 2.24) is 10.2 Å². The highest BCUT2D eigenvalue weighted by Crippen LogP contribution is 2.22. The van der Waals surface area contributed by atoms with Crippen LogP contribution in [0.5, 0.6) is 5.75 Å². The Labute approximate surface area is 137 Å². The molecule has 0 aliphatic carbocycles. The summed E-state index contributed by atoms with van der Waals surface area (Å²) in [6, 6.07) is 14.5. The van der Waals surface area contributed by atoms with E-state index in [4.69, 9.17) is 21.4 Å². The van der Waals surface area contributed by atoms with Crippen LogP contribution in [0.25, 0.3) is 0 Å². The lowest BCUT2D eigenvalue weighted by atomic mass is 10.0. The summed E-state index contributed by atoms with van der Waals surface area (Å²) in [5.74, 6) is 1.02. The zero-order valence-electron chi connectivity index (χ0n) is 12.4. The van der Waals surface area contributed by atoms with E-state index in [2.05, 4.69) is 10.2 Å². The number of H-pyrrole nitrogens is 1. The van der Waals surface area contributed by atoms with Gasteiger partial charge in [0.2, 0.25) is 0 Å². The summed E-state index contributed by atoms with van der Waals surface area (Å²) in [4.78, 5) is 12.6. The summed E-state index contributed by atoms with van der Waals surface area (Å²) >= 11 is 4.80. The van der Waals surface area contributed by atoms with Gasteiger partial charge in [-0.1, -0.05) is 30.3 Å². The van der Waals surface area contributed by atoms with E-state index in [1.54, 1.807) is 24.3 Å². The second kappa shape index (κ2) is 6.58. The maximum Gasteiger partial charge on any atom is 0.284 e.